The Kier molecular flexibility index (Phi) is 4.07. The summed E-state index contributed by atoms with van der Waals surface area (Å²) in [6, 6.07) is 5.30. The maximum absolute atomic E-state index is 12.0. The molecule has 1 amide bonds. The second-order valence-corrected chi connectivity index (χ2v) is 4.11. The fourth-order valence-electron chi connectivity index (χ4n) is 1.64. The Morgan fingerprint density at radius 1 is 1.26 bits per heavy atom. The van der Waals surface area contributed by atoms with E-state index >= 15 is 0 Å². The Hall–Kier alpha value is -2.43. The largest absolute Gasteiger partial charge is 0.384 e. The molecule has 0 aliphatic heterocycles. The highest BCUT2D eigenvalue weighted by Crippen LogP contribution is 2.13. The normalized spacial score (nSPS) is 10.0. The van der Waals surface area contributed by atoms with Gasteiger partial charge in [0, 0.05) is 24.6 Å². The molecule has 0 aliphatic carbocycles. The van der Waals surface area contributed by atoms with Crippen LogP contribution in [0, 0.1) is 6.92 Å². The molecule has 19 heavy (non-hydrogen) atoms. The molecule has 0 spiro atoms. The molecule has 0 unspecified atom stereocenters. The van der Waals surface area contributed by atoms with Gasteiger partial charge in [0.05, 0.1) is 11.9 Å². The summed E-state index contributed by atoms with van der Waals surface area (Å²) in [5, 5.41) is 5.95. The first-order valence-corrected chi connectivity index (χ1v) is 6.12. The van der Waals surface area contributed by atoms with E-state index in [1.807, 2.05) is 19.9 Å². The summed E-state index contributed by atoms with van der Waals surface area (Å²) >= 11 is 0. The van der Waals surface area contributed by atoms with Gasteiger partial charge in [0.2, 0.25) is 0 Å². The number of anilines is 2. The smallest absolute Gasteiger partial charge is 0.274 e. The van der Waals surface area contributed by atoms with Crippen LogP contribution in [0.2, 0.25) is 0 Å². The third-order valence-corrected chi connectivity index (χ3v) is 2.65. The van der Waals surface area contributed by atoms with Gasteiger partial charge in [0.25, 0.3) is 5.91 Å². The molecule has 0 bridgehead atoms. The molecule has 98 valence electrons. The SMILES string of the molecule is CCNc1ccc(C(=O)Nc2ccncc2C)nc1. The minimum absolute atomic E-state index is 0.225. The summed E-state index contributed by atoms with van der Waals surface area (Å²) in [4.78, 5) is 20.1. The molecule has 0 aromatic carbocycles. The molecule has 2 rings (SSSR count). The van der Waals surface area contributed by atoms with E-state index in [1.54, 1.807) is 30.7 Å². The lowest BCUT2D eigenvalue weighted by Gasteiger charge is -2.08. The van der Waals surface area contributed by atoms with E-state index in [1.165, 1.54) is 0 Å². The van der Waals surface area contributed by atoms with Crippen LogP contribution < -0.4 is 10.6 Å². The predicted octanol–water partition coefficient (Wildman–Crippen LogP) is 2.47. The number of carbonyl (C=O) groups excluding carboxylic acids is 1. The van der Waals surface area contributed by atoms with Crippen molar-refractivity contribution in [3.63, 3.8) is 0 Å². The number of amides is 1. The van der Waals surface area contributed by atoms with Gasteiger partial charge in [-0.1, -0.05) is 0 Å². The zero-order valence-corrected chi connectivity index (χ0v) is 11.0. The van der Waals surface area contributed by atoms with Gasteiger partial charge >= 0.3 is 0 Å². The number of rotatable bonds is 4. The molecular weight excluding hydrogens is 240 g/mol. The van der Waals surface area contributed by atoms with Gasteiger partial charge in [-0.25, -0.2) is 4.98 Å². The van der Waals surface area contributed by atoms with E-state index < -0.39 is 0 Å². The van der Waals surface area contributed by atoms with Crippen LogP contribution in [0.4, 0.5) is 11.4 Å². The second kappa shape index (κ2) is 5.95. The predicted molar refractivity (Wildman–Crippen MR) is 75.3 cm³/mol. The second-order valence-electron chi connectivity index (χ2n) is 4.11. The van der Waals surface area contributed by atoms with Gasteiger partial charge in [-0.3, -0.25) is 9.78 Å². The van der Waals surface area contributed by atoms with Crippen LogP contribution in [0.15, 0.2) is 36.8 Å². The Balaban J connectivity index is 2.10. The van der Waals surface area contributed by atoms with Crippen molar-refractivity contribution in [2.45, 2.75) is 13.8 Å². The summed E-state index contributed by atoms with van der Waals surface area (Å²) in [6.45, 7) is 4.72. The summed E-state index contributed by atoms with van der Waals surface area (Å²) in [5.74, 6) is -0.225. The molecule has 2 heterocycles. The van der Waals surface area contributed by atoms with E-state index in [0.717, 1.165) is 23.5 Å². The monoisotopic (exact) mass is 256 g/mol. The first-order chi connectivity index (χ1) is 9.20. The average Bonchev–Trinajstić information content (AvgIpc) is 2.42. The number of hydrogen-bond donors (Lipinski definition) is 2. The molecular formula is C14H16N4O. The topological polar surface area (TPSA) is 66.9 Å². The summed E-state index contributed by atoms with van der Waals surface area (Å²) in [6.07, 6.45) is 5.00. The van der Waals surface area contributed by atoms with Crippen molar-refractivity contribution >= 4 is 17.3 Å². The minimum atomic E-state index is -0.225. The van der Waals surface area contributed by atoms with Crippen LogP contribution in [0.1, 0.15) is 23.0 Å². The zero-order chi connectivity index (χ0) is 13.7. The third-order valence-electron chi connectivity index (χ3n) is 2.65. The Morgan fingerprint density at radius 3 is 2.74 bits per heavy atom. The summed E-state index contributed by atoms with van der Waals surface area (Å²) < 4.78 is 0. The highest BCUT2D eigenvalue weighted by Gasteiger charge is 2.08. The lowest BCUT2D eigenvalue weighted by atomic mass is 10.2. The van der Waals surface area contributed by atoms with Gasteiger partial charge in [-0.05, 0) is 37.6 Å². The molecule has 0 aliphatic rings. The molecule has 0 atom stereocenters. The molecule has 2 aromatic rings. The van der Waals surface area contributed by atoms with Gasteiger partial charge in [-0.15, -0.1) is 0 Å². The van der Waals surface area contributed by atoms with Gasteiger partial charge in [-0.2, -0.15) is 0 Å². The Morgan fingerprint density at radius 2 is 2.11 bits per heavy atom. The minimum Gasteiger partial charge on any atom is -0.384 e. The van der Waals surface area contributed by atoms with Crippen LogP contribution in [0.5, 0.6) is 0 Å². The maximum Gasteiger partial charge on any atom is 0.274 e. The lowest BCUT2D eigenvalue weighted by Crippen LogP contribution is -2.14. The number of pyridine rings is 2. The summed E-state index contributed by atoms with van der Waals surface area (Å²) in [5.41, 5.74) is 2.95. The van der Waals surface area contributed by atoms with Crippen LogP contribution >= 0.6 is 0 Å². The maximum atomic E-state index is 12.0. The molecule has 5 nitrogen and oxygen atoms in total. The molecule has 0 fully saturated rings. The number of carbonyl (C=O) groups is 1. The highest BCUT2D eigenvalue weighted by molar-refractivity contribution is 6.03. The van der Waals surface area contributed by atoms with Gasteiger partial charge < -0.3 is 10.6 Å². The fraction of sp³-hybridized carbons (Fsp3) is 0.214. The van der Waals surface area contributed by atoms with Crippen molar-refractivity contribution < 1.29 is 4.79 Å². The van der Waals surface area contributed by atoms with Crippen LogP contribution in [-0.4, -0.2) is 22.4 Å². The molecule has 0 saturated heterocycles. The molecule has 2 N–H and O–H groups in total. The van der Waals surface area contributed by atoms with E-state index in [-0.39, 0.29) is 5.91 Å². The van der Waals surface area contributed by atoms with Gasteiger partial charge in [0.1, 0.15) is 5.69 Å². The summed E-state index contributed by atoms with van der Waals surface area (Å²) in [7, 11) is 0. The van der Waals surface area contributed by atoms with Crippen molar-refractivity contribution in [1.29, 1.82) is 0 Å². The van der Waals surface area contributed by atoms with Gasteiger partial charge in [0.15, 0.2) is 0 Å². The quantitative estimate of drug-likeness (QED) is 0.881. The van der Waals surface area contributed by atoms with E-state index in [4.69, 9.17) is 0 Å². The third kappa shape index (κ3) is 3.28. The zero-order valence-electron chi connectivity index (χ0n) is 11.0. The van der Waals surface area contributed by atoms with Crippen LogP contribution in [0.25, 0.3) is 0 Å². The number of nitrogens with one attached hydrogen (secondary N) is 2. The van der Waals surface area contributed by atoms with E-state index in [0.29, 0.717) is 5.69 Å². The first-order valence-electron chi connectivity index (χ1n) is 6.12. The lowest BCUT2D eigenvalue weighted by molar-refractivity contribution is 0.102. The van der Waals surface area contributed by atoms with E-state index in [2.05, 4.69) is 20.6 Å². The fourth-order valence-corrected chi connectivity index (χ4v) is 1.64. The number of aryl methyl sites for hydroxylation is 1. The van der Waals surface area contributed by atoms with Crippen LogP contribution in [-0.2, 0) is 0 Å². The molecule has 0 radical (unpaired) electrons. The number of nitrogens with zero attached hydrogens (tertiary/aromatic N) is 2. The number of aromatic nitrogens is 2. The molecule has 0 saturated carbocycles. The highest BCUT2D eigenvalue weighted by atomic mass is 16.1. The average molecular weight is 256 g/mol. The number of hydrogen-bond acceptors (Lipinski definition) is 4. The van der Waals surface area contributed by atoms with Crippen molar-refractivity contribution in [2.75, 3.05) is 17.2 Å². The first kappa shape index (κ1) is 13.0. The molecule has 5 heteroatoms. The Labute approximate surface area is 112 Å². The Bertz CT molecular complexity index is 566. The van der Waals surface area contributed by atoms with Crippen molar-refractivity contribution in [2.24, 2.45) is 0 Å². The van der Waals surface area contributed by atoms with Crippen LogP contribution in [0.3, 0.4) is 0 Å². The van der Waals surface area contributed by atoms with Crippen molar-refractivity contribution in [3.8, 4) is 0 Å². The van der Waals surface area contributed by atoms with E-state index in [9.17, 15) is 4.79 Å². The van der Waals surface area contributed by atoms with Crippen molar-refractivity contribution in [3.05, 3.63) is 48.0 Å². The standard InChI is InChI=1S/C14H16N4O/c1-3-16-11-4-5-13(17-9-11)14(19)18-12-6-7-15-8-10(12)2/h4-9,16H,3H2,1-2H3,(H,15,18,19). The molecule has 2 aromatic heterocycles. The van der Waals surface area contributed by atoms with Crippen molar-refractivity contribution in [1.82, 2.24) is 9.97 Å².